The quantitative estimate of drug-likeness (QED) is 0.788. The van der Waals surface area contributed by atoms with E-state index in [1.54, 1.807) is 6.07 Å². The van der Waals surface area contributed by atoms with Gasteiger partial charge in [0.1, 0.15) is 5.75 Å². The molecule has 1 aromatic carbocycles. The van der Waals surface area contributed by atoms with Crippen molar-refractivity contribution in [1.82, 2.24) is 9.80 Å². The number of ether oxygens (including phenoxy) is 1. The highest BCUT2D eigenvalue weighted by Crippen LogP contribution is 2.31. The summed E-state index contributed by atoms with van der Waals surface area (Å²) in [4.78, 5) is 28.7. The van der Waals surface area contributed by atoms with Crippen LogP contribution in [0.15, 0.2) is 22.7 Å². The number of rotatable bonds is 4. The van der Waals surface area contributed by atoms with E-state index < -0.39 is 0 Å². The number of amides is 2. The van der Waals surface area contributed by atoms with E-state index in [2.05, 4.69) is 15.9 Å². The second kappa shape index (κ2) is 7.13. The molecule has 5 nitrogen and oxygen atoms in total. The van der Waals surface area contributed by atoms with Crippen LogP contribution in [-0.2, 0) is 4.79 Å². The van der Waals surface area contributed by atoms with E-state index in [-0.39, 0.29) is 23.8 Å². The number of carbonyl (C=O) groups is 2. The van der Waals surface area contributed by atoms with Gasteiger partial charge in [0.25, 0.3) is 5.91 Å². The molecule has 3 rings (SSSR count). The predicted molar refractivity (Wildman–Crippen MR) is 95.1 cm³/mol. The van der Waals surface area contributed by atoms with Gasteiger partial charge >= 0.3 is 0 Å². The van der Waals surface area contributed by atoms with E-state index in [0.717, 1.165) is 17.3 Å². The second-order valence-corrected chi connectivity index (χ2v) is 7.61. The van der Waals surface area contributed by atoms with Gasteiger partial charge in [0, 0.05) is 36.6 Å². The fourth-order valence-electron chi connectivity index (χ4n) is 2.91. The fourth-order valence-corrected chi connectivity index (χ4v) is 3.25. The summed E-state index contributed by atoms with van der Waals surface area (Å²) < 4.78 is 6.68. The van der Waals surface area contributed by atoms with E-state index in [1.807, 2.05) is 35.8 Å². The lowest BCUT2D eigenvalue weighted by Crippen LogP contribution is -2.51. The molecule has 1 aliphatic carbocycles. The summed E-state index contributed by atoms with van der Waals surface area (Å²) in [6.07, 6.45) is 2.04. The molecule has 1 saturated heterocycles. The normalized spacial score (nSPS) is 18.0. The molecule has 130 valence electrons. The maximum atomic E-state index is 12.9. The molecule has 6 heteroatoms. The molecule has 1 aromatic rings. The first-order chi connectivity index (χ1) is 11.5. The van der Waals surface area contributed by atoms with Gasteiger partial charge < -0.3 is 14.5 Å². The third kappa shape index (κ3) is 3.91. The number of halogens is 1. The van der Waals surface area contributed by atoms with E-state index in [1.165, 1.54) is 0 Å². The standard InChI is InChI=1S/C18H23BrN2O3/c1-12(2)24-16-11-14(19)5-6-15(16)18(23)21-9-7-20(8-10-21)17(22)13-3-4-13/h5-6,11-13H,3-4,7-10H2,1-2H3. The van der Waals surface area contributed by atoms with Crippen LogP contribution in [0.3, 0.4) is 0 Å². The van der Waals surface area contributed by atoms with Crippen molar-refractivity contribution in [3.8, 4) is 5.75 Å². The van der Waals surface area contributed by atoms with Crippen molar-refractivity contribution < 1.29 is 14.3 Å². The Bertz CT molecular complexity index is 635. The zero-order valence-corrected chi connectivity index (χ0v) is 15.7. The van der Waals surface area contributed by atoms with Crippen LogP contribution in [0.4, 0.5) is 0 Å². The van der Waals surface area contributed by atoms with E-state index >= 15 is 0 Å². The molecule has 1 aliphatic heterocycles. The second-order valence-electron chi connectivity index (χ2n) is 6.70. The van der Waals surface area contributed by atoms with Crippen molar-refractivity contribution in [3.05, 3.63) is 28.2 Å². The minimum atomic E-state index is -0.0309. The van der Waals surface area contributed by atoms with E-state index in [9.17, 15) is 9.59 Å². The number of piperazine rings is 1. The molecule has 0 spiro atoms. The minimum absolute atomic E-state index is 0.00105. The predicted octanol–water partition coefficient (Wildman–Crippen LogP) is 2.93. The molecule has 2 amide bonds. The summed E-state index contributed by atoms with van der Waals surface area (Å²) in [5, 5.41) is 0. The van der Waals surface area contributed by atoms with Crippen LogP contribution in [0.25, 0.3) is 0 Å². The van der Waals surface area contributed by atoms with Crippen LogP contribution < -0.4 is 4.74 Å². The Morgan fingerprint density at radius 3 is 2.33 bits per heavy atom. The van der Waals surface area contributed by atoms with Crippen LogP contribution in [0.5, 0.6) is 5.75 Å². The summed E-state index contributed by atoms with van der Waals surface area (Å²) in [5.74, 6) is 1.07. The van der Waals surface area contributed by atoms with Gasteiger partial charge in [0.05, 0.1) is 11.7 Å². The van der Waals surface area contributed by atoms with Crippen molar-refractivity contribution in [2.45, 2.75) is 32.8 Å². The largest absolute Gasteiger partial charge is 0.490 e. The molecular weight excluding hydrogens is 372 g/mol. The summed E-state index contributed by atoms with van der Waals surface area (Å²) >= 11 is 3.43. The molecular formula is C18H23BrN2O3. The molecule has 0 radical (unpaired) electrons. The van der Waals surface area contributed by atoms with Crippen molar-refractivity contribution in [2.75, 3.05) is 26.2 Å². The van der Waals surface area contributed by atoms with Crippen molar-refractivity contribution >= 4 is 27.7 Å². The number of carbonyl (C=O) groups excluding carboxylic acids is 2. The molecule has 1 saturated carbocycles. The molecule has 0 bridgehead atoms. The average molecular weight is 395 g/mol. The lowest BCUT2D eigenvalue weighted by molar-refractivity contribution is -0.134. The molecule has 0 unspecified atom stereocenters. The number of benzene rings is 1. The van der Waals surface area contributed by atoms with Crippen LogP contribution in [0, 0.1) is 5.92 Å². The first-order valence-electron chi connectivity index (χ1n) is 8.50. The maximum absolute atomic E-state index is 12.9. The Balaban J connectivity index is 1.67. The Hall–Kier alpha value is -1.56. The van der Waals surface area contributed by atoms with Crippen molar-refractivity contribution in [3.63, 3.8) is 0 Å². The van der Waals surface area contributed by atoms with Crippen molar-refractivity contribution in [2.24, 2.45) is 5.92 Å². The van der Waals surface area contributed by atoms with Gasteiger partial charge in [-0.3, -0.25) is 9.59 Å². The molecule has 0 N–H and O–H groups in total. The molecule has 0 aromatic heterocycles. The van der Waals surface area contributed by atoms with Gasteiger partial charge in [-0.05, 0) is 44.9 Å². The zero-order valence-electron chi connectivity index (χ0n) is 14.1. The topological polar surface area (TPSA) is 49.9 Å². The first-order valence-corrected chi connectivity index (χ1v) is 9.29. The molecule has 2 fully saturated rings. The van der Waals surface area contributed by atoms with Gasteiger partial charge in [-0.1, -0.05) is 15.9 Å². The van der Waals surface area contributed by atoms with Crippen LogP contribution in [-0.4, -0.2) is 53.9 Å². The summed E-state index contributed by atoms with van der Waals surface area (Å²) in [6, 6.07) is 5.49. The number of hydrogen-bond acceptors (Lipinski definition) is 3. The van der Waals surface area contributed by atoms with Gasteiger partial charge in [0.15, 0.2) is 0 Å². The number of nitrogens with zero attached hydrogens (tertiary/aromatic N) is 2. The average Bonchev–Trinajstić information content (AvgIpc) is 3.38. The maximum Gasteiger partial charge on any atom is 0.257 e. The highest BCUT2D eigenvalue weighted by molar-refractivity contribution is 9.10. The van der Waals surface area contributed by atoms with E-state index in [0.29, 0.717) is 37.5 Å². The van der Waals surface area contributed by atoms with Crippen molar-refractivity contribution in [1.29, 1.82) is 0 Å². The summed E-state index contributed by atoms with van der Waals surface area (Å²) in [7, 11) is 0. The van der Waals surface area contributed by atoms with Crippen LogP contribution in [0.2, 0.25) is 0 Å². The Labute approximate surface area is 151 Å². The molecule has 24 heavy (non-hydrogen) atoms. The Morgan fingerprint density at radius 1 is 1.12 bits per heavy atom. The van der Waals surface area contributed by atoms with Crippen LogP contribution in [0.1, 0.15) is 37.0 Å². The molecule has 2 aliphatic rings. The summed E-state index contributed by atoms with van der Waals surface area (Å²) in [6.45, 7) is 6.29. The SMILES string of the molecule is CC(C)Oc1cc(Br)ccc1C(=O)N1CCN(C(=O)C2CC2)CC1. The lowest BCUT2D eigenvalue weighted by Gasteiger charge is -2.35. The first kappa shape index (κ1) is 17.3. The lowest BCUT2D eigenvalue weighted by atomic mass is 10.1. The Kier molecular flexibility index (Phi) is 5.13. The molecule has 1 heterocycles. The Morgan fingerprint density at radius 2 is 1.75 bits per heavy atom. The smallest absolute Gasteiger partial charge is 0.257 e. The highest BCUT2D eigenvalue weighted by atomic mass is 79.9. The fraction of sp³-hybridized carbons (Fsp3) is 0.556. The van der Waals surface area contributed by atoms with Gasteiger partial charge in [-0.2, -0.15) is 0 Å². The third-order valence-corrected chi connectivity index (χ3v) is 4.84. The molecule has 0 atom stereocenters. The highest BCUT2D eigenvalue weighted by Gasteiger charge is 2.35. The summed E-state index contributed by atoms with van der Waals surface area (Å²) in [5.41, 5.74) is 0.578. The van der Waals surface area contributed by atoms with E-state index in [4.69, 9.17) is 4.74 Å². The van der Waals surface area contributed by atoms with Crippen LogP contribution >= 0.6 is 15.9 Å². The third-order valence-electron chi connectivity index (χ3n) is 4.34. The monoisotopic (exact) mass is 394 g/mol. The van der Waals surface area contributed by atoms with Gasteiger partial charge in [-0.15, -0.1) is 0 Å². The zero-order chi connectivity index (χ0) is 17.3. The minimum Gasteiger partial charge on any atom is -0.490 e. The number of hydrogen-bond donors (Lipinski definition) is 0. The van der Waals surface area contributed by atoms with Gasteiger partial charge in [-0.25, -0.2) is 0 Å². The van der Waals surface area contributed by atoms with Gasteiger partial charge in [0.2, 0.25) is 5.91 Å².